The molecule has 0 fully saturated rings. The van der Waals surface area contributed by atoms with Crippen molar-refractivity contribution in [3.05, 3.63) is 47.5 Å². The van der Waals surface area contributed by atoms with E-state index >= 15 is 0 Å². The van der Waals surface area contributed by atoms with Gasteiger partial charge in [-0.1, -0.05) is 17.8 Å². The van der Waals surface area contributed by atoms with E-state index in [0.717, 1.165) is 28.2 Å². The van der Waals surface area contributed by atoms with Crippen LogP contribution in [0.4, 0.5) is 14.5 Å². The van der Waals surface area contributed by atoms with Crippen LogP contribution in [0.15, 0.2) is 40.4 Å². The number of H-pyrrole nitrogens is 1. The van der Waals surface area contributed by atoms with Crippen LogP contribution in [0.5, 0.6) is 0 Å². The molecule has 3 rings (SSSR count). The molecule has 0 unspecified atom stereocenters. The standard InChI is InChI=1S/C18H18F2N4O3S2/c1-10-4-5-11(6-16(10)29(26,27)24(2)3)21-17(25)9-28-18-22-14-7-12(19)13(20)8-15(14)23-18/h4-8H,9H2,1-3H3,(H,21,25)(H,22,23). The topological polar surface area (TPSA) is 95.2 Å². The van der Waals surface area contributed by atoms with Gasteiger partial charge in [0.15, 0.2) is 16.8 Å². The van der Waals surface area contributed by atoms with Crippen LogP contribution in [0.2, 0.25) is 0 Å². The molecule has 7 nitrogen and oxygen atoms in total. The van der Waals surface area contributed by atoms with Gasteiger partial charge in [0.2, 0.25) is 15.9 Å². The lowest BCUT2D eigenvalue weighted by Gasteiger charge is -2.15. The number of sulfonamides is 1. The Hall–Kier alpha value is -2.50. The van der Waals surface area contributed by atoms with Crippen molar-refractivity contribution in [3.63, 3.8) is 0 Å². The number of benzene rings is 2. The molecule has 1 aromatic heterocycles. The first-order valence-corrected chi connectivity index (χ1v) is 10.8. The fourth-order valence-corrected chi connectivity index (χ4v) is 4.36. The summed E-state index contributed by atoms with van der Waals surface area (Å²) in [7, 11) is -0.778. The minimum Gasteiger partial charge on any atom is -0.333 e. The van der Waals surface area contributed by atoms with Crippen LogP contribution < -0.4 is 5.32 Å². The molecular weight excluding hydrogens is 422 g/mol. The van der Waals surface area contributed by atoms with Gasteiger partial charge in [-0.2, -0.15) is 0 Å². The number of hydrogen-bond acceptors (Lipinski definition) is 5. The van der Waals surface area contributed by atoms with Gasteiger partial charge >= 0.3 is 0 Å². The molecule has 0 aliphatic heterocycles. The van der Waals surface area contributed by atoms with Crippen molar-refractivity contribution in [2.24, 2.45) is 0 Å². The number of anilines is 1. The summed E-state index contributed by atoms with van der Waals surface area (Å²) in [6.45, 7) is 1.67. The zero-order chi connectivity index (χ0) is 21.3. The zero-order valence-electron chi connectivity index (χ0n) is 15.8. The first-order chi connectivity index (χ1) is 13.6. The van der Waals surface area contributed by atoms with E-state index in [-0.39, 0.29) is 22.1 Å². The Morgan fingerprint density at radius 3 is 2.59 bits per heavy atom. The molecule has 1 amide bonds. The van der Waals surface area contributed by atoms with Crippen molar-refractivity contribution in [3.8, 4) is 0 Å². The number of imidazole rings is 1. The zero-order valence-corrected chi connectivity index (χ0v) is 17.4. The third-order valence-corrected chi connectivity index (χ3v) is 6.90. The number of nitrogens with zero attached hydrogens (tertiary/aromatic N) is 2. The molecule has 0 aliphatic carbocycles. The number of aromatic amines is 1. The van der Waals surface area contributed by atoms with Gasteiger partial charge in [0, 0.05) is 31.9 Å². The van der Waals surface area contributed by atoms with Crippen molar-refractivity contribution >= 4 is 44.4 Å². The minimum atomic E-state index is -3.64. The molecule has 0 atom stereocenters. The number of rotatable bonds is 6. The van der Waals surface area contributed by atoms with Gasteiger partial charge in [-0.05, 0) is 24.6 Å². The normalized spacial score (nSPS) is 11.9. The fraction of sp³-hybridized carbons (Fsp3) is 0.222. The van der Waals surface area contributed by atoms with Crippen LogP contribution in [0.3, 0.4) is 0 Å². The van der Waals surface area contributed by atoms with Gasteiger partial charge in [0.1, 0.15) is 0 Å². The average Bonchev–Trinajstić information content (AvgIpc) is 3.03. The molecule has 2 aromatic carbocycles. The smallest absolute Gasteiger partial charge is 0.242 e. The highest BCUT2D eigenvalue weighted by molar-refractivity contribution is 7.99. The molecule has 0 bridgehead atoms. The molecule has 0 saturated heterocycles. The third-order valence-electron chi connectivity index (χ3n) is 4.07. The van der Waals surface area contributed by atoms with Gasteiger partial charge in [-0.15, -0.1) is 0 Å². The maximum atomic E-state index is 13.3. The number of nitrogens with one attached hydrogen (secondary N) is 2. The number of fused-ring (bicyclic) bond motifs is 1. The number of aryl methyl sites for hydroxylation is 1. The van der Waals surface area contributed by atoms with E-state index in [1.807, 2.05) is 0 Å². The Labute approximate surface area is 170 Å². The van der Waals surface area contributed by atoms with E-state index in [1.54, 1.807) is 19.1 Å². The molecule has 3 aromatic rings. The van der Waals surface area contributed by atoms with Crippen molar-refractivity contribution in [1.29, 1.82) is 0 Å². The molecule has 29 heavy (non-hydrogen) atoms. The van der Waals surface area contributed by atoms with Crippen LogP contribution in [-0.4, -0.2) is 48.4 Å². The number of carbonyl (C=O) groups excluding carboxylic acids is 1. The largest absolute Gasteiger partial charge is 0.333 e. The summed E-state index contributed by atoms with van der Waals surface area (Å²) in [5.74, 6) is -2.40. The summed E-state index contributed by atoms with van der Waals surface area (Å²) in [5.41, 5.74) is 1.48. The Morgan fingerprint density at radius 1 is 1.21 bits per heavy atom. The molecule has 0 aliphatic rings. The van der Waals surface area contributed by atoms with Crippen molar-refractivity contribution in [2.45, 2.75) is 17.0 Å². The van der Waals surface area contributed by atoms with Gasteiger partial charge in [0.05, 0.1) is 21.7 Å². The maximum absolute atomic E-state index is 13.3. The van der Waals surface area contributed by atoms with E-state index in [4.69, 9.17) is 0 Å². The number of aromatic nitrogens is 2. The number of hydrogen-bond donors (Lipinski definition) is 2. The molecule has 0 spiro atoms. The molecule has 1 heterocycles. The first kappa shape index (κ1) is 21.2. The summed E-state index contributed by atoms with van der Waals surface area (Å²) < 4.78 is 52.4. The second-order valence-electron chi connectivity index (χ2n) is 6.43. The van der Waals surface area contributed by atoms with E-state index in [2.05, 4.69) is 15.3 Å². The van der Waals surface area contributed by atoms with Crippen LogP contribution in [0.25, 0.3) is 11.0 Å². The monoisotopic (exact) mass is 440 g/mol. The maximum Gasteiger partial charge on any atom is 0.242 e. The van der Waals surface area contributed by atoms with E-state index < -0.39 is 21.7 Å². The summed E-state index contributed by atoms with van der Waals surface area (Å²) in [4.78, 5) is 19.3. The van der Waals surface area contributed by atoms with E-state index in [0.29, 0.717) is 21.9 Å². The lowest BCUT2D eigenvalue weighted by molar-refractivity contribution is -0.113. The van der Waals surface area contributed by atoms with Crippen molar-refractivity contribution in [1.82, 2.24) is 14.3 Å². The molecule has 0 radical (unpaired) electrons. The predicted molar refractivity (Wildman–Crippen MR) is 107 cm³/mol. The molecular formula is C18H18F2N4O3S2. The summed E-state index contributed by atoms with van der Waals surface area (Å²) in [5, 5.41) is 2.97. The summed E-state index contributed by atoms with van der Waals surface area (Å²) in [6, 6.07) is 6.60. The quantitative estimate of drug-likeness (QED) is 0.575. The first-order valence-electron chi connectivity index (χ1n) is 8.38. The van der Waals surface area contributed by atoms with Crippen LogP contribution in [0.1, 0.15) is 5.56 Å². The van der Waals surface area contributed by atoms with Crippen molar-refractivity contribution in [2.75, 3.05) is 25.2 Å². The number of thioether (sulfide) groups is 1. The van der Waals surface area contributed by atoms with Gasteiger partial charge < -0.3 is 10.3 Å². The Balaban J connectivity index is 1.70. The molecule has 11 heteroatoms. The van der Waals surface area contributed by atoms with Crippen LogP contribution in [0, 0.1) is 18.6 Å². The molecule has 154 valence electrons. The predicted octanol–water partition coefficient (Wildman–Crippen LogP) is 3.13. The highest BCUT2D eigenvalue weighted by Gasteiger charge is 2.20. The lowest BCUT2D eigenvalue weighted by atomic mass is 10.2. The van der Waals surface area contributed by atoms with Crippen LogP contribution >= 0.6 is 11.8 Å². The third kappa shape index (κ3) is 4.57. The lowest BCUT2D eigenvalue weighted by Crippen LogP contribution is -2.23. The Bertz CT molecular complexity index is 1150. The molecule has 0 saturated carbocycles. The Morgan fingerprint density at radius 2 is 1.90 bits per heavy atom. The number of halogens is 2. The average molecular weight is 440 g/mol. The van der Waals surface area contributed by atoms with E-state index in [9.17, 15) is 22.0 Å². The summed E-state index contributed by atoms with van der Waals surface area (Å²) >= 11 is 1.05. The van der Waals surface area contributed by atoms with Gasteiger partial charge in [0.25, 0.3) is 0 Å². The van der Waals surface area contributed by atoms with Gasteiger partial charge in [-0.25, -0.2) is 26.5 Å². The summed E-state index contributed by atoms with van der Waals surface area (Å²) in [6.07, 6.45) is 0. The van der Waals surface area contributed by atoms with Crippen molar-refractivity contribution < 1.29 is 22.0 Å². The second kappa shape index (κ2) is 8.09. The fourth-order valence-electron chi connectivity index (χ4n) is 2.53. The Kier molecular flexibility index (Phi) is 5.92. The van der Waals surface area contributed by atoms with Crippen LogP contribution in [-0.2, 0) is 14.8 Å². The second-order valence-corrected chi connectivity index (χ2v) is 9.51. The van der Waals surface area contributed by atoms with Gasteiger partial charge in [-0.3, -0.25) is 4.79 Å². The minimum absolute atomic E-state index is 0.0333. The van der Waals surface area contributed by atoms with E-state index in [1.165, 1.54) is 20.2 Å². The molecule has 2 N–H and O–H groups in total. The highest BCUT2D eigenvalue weighted by atomic mass is 32.2. The SMILES string of the molecule is Cc1ccc(NC(=O)CSc2nc3cc(F)c(F)cc3[nH]2)cc1S(=O)(=O)N(C)C. The number of carbonyl (C=O) groups is 1. The number of amides is 1. The highest BCUT2D eigenvalue weighted by Crippen LogP contribution is 2.24.